The first kappa shape index (κ1) is 19.3. The second-order valence-corrected chi connectivity index (χ2v) is 8.51. The normalized spacial score (nSPS) is 16.3. The van der Waals surface area contributed by atoms with Gasteiger partial charge < -0.3 is 14.2 Å². The molecule has 3 aromatic carbocycles. The minimum atomic E-state index is 0.652. The highest BCUT2D eigenvalue weighted by Gasteiger charge is 2.22. The zero-order chi connectivity index (χ0) is 21.3. The molecule has 0 radical (unpaired) electrons. The Balaban J connectivity index is 1.12. The Kier molecular flexibility index (Phi) is 5.00. The molecule has 32 heavy (non-hydrogen) atoms. The number of nitrogens with zero attached hydrogens (tertiary/aromatic N) is 5. The lowest BCUT2D eigenvalue weighted by molar-refractivity contribution is 0.257. The van der Waals surface area contributed by atoms with E-state index in [0.29, 0.717) is 6.61 Å². The van der Waals surface area contributed by atoms with E-state index in [1.807, 2.05) is 18.2 Å². The van der Waals surface area contributed by atoms with Crippen LogP contribution >= 0.6 is 0 Å². The lowest BCUT2D eigenvalue weighted by Gasteiger charge is -2.36. The second kappa shape index (κ2) is 8.28. The largest absolute Gasteiger partial charge is 0.491 e. The number of fused-ring (bicyclic) bond motifs is 4. The van der Waals surface area contributed by atoms with E-state index in [4.69, 9.17) is 4.74 Å². The van der Waals surface area contributed by atoms with Crippen molar-refractivity contribution in [3.8, 4) is 17.1 Å². The Bertz CT molecular complexity index is 1240. The zero-order valence-corrected chi connectivity index (χ0v) is 18.2. The van der Waals surface area contributed by atoms with Crippen molar-refractivity contribution in [1.29, 1.82) is 0 Å². The first-order valence-corrected chi connectivity index (χ1v) is 11.5. The summed E-state index contributed by atoms with van der Waals surface area (Å²) >= 11 is 0. The van der Waals surface area contributed by atoms with E-state index in [9.17, 15) is 0 Å². The molecule has 0 amide bonds. The average Bonchev–Trinajstić information content (AvgIpc) is 3.16. The Morgan fingerprint density at radius 2 is 1.59 bits per heavy atom. The van der Waals surface area contributed by atoms with Crippen LogP contribution in [0.4, 0.5) is 5.69 Å². The van der Waals surface area contributed by atoms with Gasteiger partial charge in [-0.25, -0.2) is 0 Å². The Morgan fingerprint density at radius 1 is 0.781 bits per heavy atom. The fraction of sp³-hybridized carbons (Fsp3) is 0.308. The predicted octanol–water partition coefficient (Wildman–Crippen LogP) is 3.86. The number of ether oxygens (including phenoxy) is 1. The van der Waals surface area contributed by atoms with E-state index in [0.717, 1.165) is 68.7 Å². The number of para-hydroxylation sites is 1. The van der Waals surface area contributed by atoms with Crippen LogP contribution in [0.3, 0.4) is 0 Å². The van der Waals surface area contributed by atoms with Crippen molar-refractivity contribution in [3.05, 3.63) is 72.6 Å². The van der Waals surface area contributed by atoms with Crippen LogP contribution in [0.1, 0.15) is 5.82 Å². The fourth-order valence-corrected chi connectivity index (χ4v) is 4.93. The maximum absolute atomic E-state index is 5.92. The summed E-state index contributed by atoms with van der Waals surface area (Å²) in [6.45, 7) is 6.68. The molecule has 0 aliphatic carbocycles. The van der Waals surface area contributed by atoms with Crippen molar-refractivity contribution in [3.63, 3.8) is 0 Å². The monoisotopic (exact) mass is 425 g/mol. The molecule has 162 valence electrons. The third-order valence-corrected chi connectivity index (χ3v) is 6.66. The van der Waals surface area contributed by atoms with Gasteiger partial charge in [0.15, 0.2) is 5.82 Å². The van der Waals surface area contributed by atoms with Gasteiger partial charge in [0, 0.05) is 50.2 Å². The molecule has 1 saturated heterocycles. The molecule has 0 N–H and O–H groups in total. The van der Waals surface area contributed by atoms with Crippen LogP contribution in [-0.4, -0.2) is 59.0 Å². The van der Waals surface area contributed by atoms with Gasteiger partial charge in [-0.3, -0.25) is 4.90 Å². The van der Waals surface area contributed by atoms with Gasteiger partial charge in [0.25, 0.3) is 0 Å². The molecular formula is C26H27N5O. The molecule has 2 aliphatic heterocycles. The molecule has 1 fully saturated rings. The van der Waals surface area contributed by atoms with E-state index >= 15 is 0 Å². The van der Waals surface area contributed by atoms with Crippen molar-refractivity contribution in [2.45, 2.75) is 13.0 Å². The van der Waals surface area contributed by atoms with Crippen molar-refractivity contribution < 1.29 is 4.74 Å². The molecule has 1 aromatic heterocycles. The van der Waals surface area contributed by atoms with Crippen LogP contribution in [-0.2, 0) is 13.0 Å². The molecule has 6 rings (SSSR count). The quantitative estimate of drug-likeness (QED) is 0.497. The van der Waals surface area contributed by atoms with E-state index < -0.39 is 0 Å². The molecule has 0 atom stereocenters. The maximum atomic E-state index is 5.92. The highest BCUT2D eigenvalue weighted by atomic mass is 16.5. The lowest BCUT2D eigenvalue weighted by atomic mass is 10.1. The number of hydrogen-bond acceptors (Lipinski definition) is 5. The molecule has 6 nitrogen and oxygen atoms in total. The minimum Gasteiger partial charge on any atom is -0.491 e. The van der Waals surface area contributed by atoms with Gasteiger partial charge in [0.2, 0.25) is 0 Å². The van der Waals surface area contributed by atoms with Crippen LogP contribution in [0.2, 0.25) is 0 Å². The molecule has 0 bridgehead atoms. The molecule has 0 unspecified atom stereocenters. The Morgan fingerprint density at radius 3 is 2.53 bits per heavy atom. The van der Waals surface area contributed by atoms with E-state index in [2.05, 4.69) is 73.1 Å². The average molecular weight is 426 g/mol. The van der Waals surface area contributed by atoms with Crippen LogP contribution in [0.25, 0.3) is 22.2 Å². The summed E-state index contributed by atoms with van der Waals surface area (Å²) in [5.74, 6) is 2.88. The third-order valence-electron chi connectivity index (χ3n) is 6.66. The standard InChI is InChI=1S/C26H27N5O/c1-2-8-21-20(6-1)7-5-10-23(21)30-16-14-29(15-17-30)13-12-25-27-28-26-22-9-3-4-11-24(22)32-19-18-31(25)26/h1-11H,12-19H2. The van der Waals surface area contributed by atoms with E-state index in [-0.39, 0.29) is 0 Å². The van der Waals surface area contributed by atoms with E-state index in [1.54, 1.807) is 0 Å². The van der Waals surface area contributed by atoms with Gasteiger partial charge in [-0.05, 0) is 23.6 Å². The minimum absolute atomic E-state index is 0.652. The summed E-state index contributed by atoms with van der Waals surface area (Å²) < 4.78 is 8.15. The number of benzene rings is 3. The smallest absolute Gasteiger partial charge is 0.167 e. The summed E-state index contributed by atoms with van der Waals surface area (Å²) in [5, 5.41) is 11.7. The van der Waals surface area contributed by atoms with Crippen LogP contribution in [0, 0.1) is 0 Å². The van der Waals surface area contributed by atoms with Crippen LogP contribution < -0.4 is 9.64 Å². The SMILES string of the molecule is c1ccc2c(c1)OCCn1c(CCN3CCN(c4cccc5ccccc45)CC3)nnc1-2. The zero-order valence-electron chi connectivity index (χ0n) is 18.2. The van der Waals surface area contributed by atoms with Crippen molar-refractivity contribution in [2.24, 2.45) is 0 Å². The number of anilines is 1. The molecule has 2 aliphatic rings. The lowest BCUT2D eigenvalue weighted by Crippen LogP contribution is -2.47. The summed E-state index contributed by atoms with van der Waals surface area (Å²) in [6, 6.07) is 23.4. The van der Waals surface area contributed by atoms with Crippen LogP contribution in [0.15, 0.2) is 66.7 Å². The molecule has 4 aromatic rings. The topological polar surface area (TPSA) is 46.4 Å². The van der Waals surface area contributed by atoms with Crippen LogP contribution in [0.5, 0.6) is 5.75 Å². The van der Waals surface area contributed by atoms with Gasteiger partial charge in [-0.2, -0.15) is 0 Å². The maximum Gasteiger partial charge on any atom is 0.167 e. The first-order chi connectivity index (χ1) is 15.9. The van der Waals surface area contributed by atoms with Gasteiger partial charge >= 0.3 is 0 Å². The molecule has 6 heteroatoms. The van der Waals surface area contributed by atoms with Crippen molar-refractivity contribution >= 4 is 16.5 Å². The Labute approximate surface area is 188 Å². The third kappa shape index (κ3) is 3.50. The highest BCUT2D eigenvalue weighted by molar-refractivity contribution is 5.94. The summed E-state index contributed by atoms with van der Waals surface area (Å²) in [6.07, 6.45) is 0.906. The van der Waals surface area contributed by atoms with Gasteiger partial charge in [-0.15, -0.1) is 10.2 Å². The number of hydrogen-bond donors (Lipinski definition) is 0. The van der Waals surface area contributed by atoms with Gasteiger partial charge in [0.1, 0.15) is 18.2 Å². The second-order valence-electron chi connectivity index (χ2n) is 8.51. The molecule has 0 spiro atoms. The van der Waals surface area contributed by atoms with Crippen molar-refractivity contribution in [1.82, 2.24) is 19.7 Å². The number of rotatable bonds is 4. The van der Waals surface area contributed by atoms with E-state index in [1.165, 1.54) is 16.5 Å². The predicted molar refractivity (Wildman–Crippen MR) is 127 cm³/mol. The van der Waals surface area contributed by atoms with Crippen molar-refractivity contribution in [2.75, 3.05) is 44.2 Å². The molecular weight excluding hydrogens is 398 g/mol. The first-order valence-electron chi connectivity index (χ1n) is 11.5. The summed E-state index contributed by atoms with van der Waals surface area (Å²) in [7, 11) is 0. The number of piperazine rings is 1. The highest BCUT2D eigenvalue weighted by Crippen LogP contribution is 2.31. The Hall–Kier alpha value is -3.38. The van der Waals surface area contributed by atoms with Gasteiger partial charge in [0.05, 0.1) is 12.1 Å². The summed E-state index contributed by atoms with van der Waals surface area (Å²) in [4.78, 5) is 5.07. The molecule has 0 saturated carbocycles. The molecule has 3 heterocycles. The fourth-order valence-electron chi connectivity index (χ4n) is 4.93. The number of aromatic nitrogens is 3. The summed E-state index contributed by atoms with van der Waals surface area (Å²) in [5.41, 5.74) is 2.39. The van der Waals surface area contributed by atoms with Gasteiger partial charge in [-0.1, -0.05) is 48.5 Å².